The van der Waals surface area contributed by atoms with Gasteiger partial charge in [0.2, 0.25) is 0 Å². The lowest BCUT2D eigenvalue weighted by molar-refractivity contribution is 0.607. The molecule has 0 amide bonds. The van der Waals surface area contributed by atoms with E-state index in [0.717, 1.165) is 25.3 Å². The lowest BCUT2D eigenvalue weighted by Crippen LogP contribution is -2.07. The van der Waals surface area contributed by atoms with Gasteiger partial charge < -0.3 is 5.32 Å². The van der Waals surface area contributed by atoms with E-state index in [0.29, 0.717) is 0 Å². The average molecular weight is 215 g/mol. The number of hydrogen-bond donors (Lipinski definition) is 1. The first-order chi connectivity index (χ1) is 7.90. The monoisotopic (exact) mass is 215 g/mol. The van der Waals surface area contributed by atoms with Crippen molar-refractivity contribution in [3.63, 3.8) is 0 Å². The second kappa shape index (κ2) is 5.35. The third-order valence-electron chi connectivity index (χ3n) is 2.47. The summed E-state index contributed by atoms with van der Waals surface area (Å²) in [5.41, 5.74) is 1.28. The average Bonchev–Trinajstić information content (AvgIpc) is 2.76. The van der Waals surface area contributed by atoms with Crippen LogP contribution in [0, 0.1) is 0 Å². The van der Waals surface area contributed by atoms with Gasteiger partial charge in [0.15, 0.2) is 0 Å². The van der Waals surface area contributed by atoms with Crippen LogP contribution < -0.4 is 5.32 Å². The Labute approximate surface area is 96.1 Å². The molecule has 0 aliphatic rings. The van der Waals surface area contributed by atoms with E-state index in [-0.39, 0.29) is 0 Å². The molecule has 2 aromatic rings. The molecule has 0 unspecified atom stereocenters. The standard InChI is InChI=1S/C13H17N3/c1-2-10-16-13(8-9-15-16)14-11-12-6-4-3-5-7-12/h3-9,14H,2,10-11H2,1H3. The van der Waals surface area contributed by atoms with E-state index in [1.807, 2.05) is 23.0 Å². The van der Waals surface area contributed by atoms with Crippen LogP contribution in [0.3, 0.4) is 0 Å². The molecular formula is C13H17N3. The van der Waals surface area contributed by atoms with Crippen molar-refractivity contribution in [2.75, 3.05) is 5.32 Å². The Morgan fingerprint density at radius 1 is 1.19 bits per heavy atom. The van der Waals surface area contributed by atoms with Gasteiger partial charge in [0.05, 0.1) is 6.20 Å². The van der Waals surface area contributed by atoms with Crippen molar-refractivity contribution in [1.29, 1.82) is 0 Å². The molecule has 0 saturated heterocycles. The van der Waals surface area contributed by atoms with E-state index in [2.05, 4.69) is 41.6 Å². The molecule has 0 spiro atoms. The largest absolute Gasteiger partial charge is 0.366 e. The molecule has 3 heteroatoms. The van der Waals surface area contributed by atoms with E-state index in [9.17, 15) is 0 Å². The number of aromatic nitrogens is 2. The first-order valence-electron chi connectivity index (χ1n) is 5.69. The molecule has 0 bridgehead atoms. The maximum atomic E-state index is 4.27. The van der Waals surface area contributed by atoms with Crippen LogP contribution in [-0.2, 0) is 13.1 Å². The van der Waals surface area contributed by atoms with Crippen LogP contribution >= 0.6 is 0 Å². The van der Waals surface area contributed by atoms with Crippen molar-refractivity contribution in [3.05, 3.63) is 48.2 Å². The Kier molecular flexibility index (Phi) is 3.59. The highest BCUT2D eigenvalue weighted by molar-refractivity contribution is 5.35. The number of rotatable bonds is 5. The zero-order chi connectivity index (χ0) is 11.2. The minimum absolute atomic E-state index is 0.843. The van der Waals surface area contributed by atoms with Crippen LogP contribution in [0.1, 0.15) is 18.9 Å². The minimum atomic E-state index is 0.843. The van der Waals surface area contributed by atoms with Gasteiger partial charge in [-0.25, -0.2) is 4.68 Å². The molecule has 1 heterocycles. The molecule has 0 aliphatic carbocycles. The van der Waals surface area contributed by atoms with Crippen molar-refractivity contribution in [1.82, 2.24) is 9.78 Å². The highest BCUT2D eigenvalue weighted by atomic mass is 15.3. The molecule has 1 aromatic carbocycles. The zero-order valence-corrected chi connectivity index (χ0v) is 9.56. The van der Waals surface area contributed by atoms with Gasteiger partial charge in [-0.15, -0.1) is 0 Å². The quantitative estimate of drug-likeness (QED) is 0.831. The topological polar surface area (TPSA) is 29.9 Å². The summed E-state index contributed by atoms with van der Waals surface area (Å²) >= 11 is 0. The van der Waals surface area contributed by atoms with Gasteiger partial charge in [-0.1, -0.05) is 37.3 Å². The lowest BCUT2D eigenvalue weighted by Gasteiger charge is -2.08. The molecule has 3 nitrogen and oxygen atoms in total. The van der Waals surface area contributed by atoms with Gasteiger partial charge in [-0.05, 0) is 12.0 Å². The molecule has 84 valence electrons. The normalized spacial score (nSPS) is 10.3. The number of nitrogens with one attached hydrogen (secondary N) is 1. The third kappa shape index (κ3) is 2.63. The van der Waals surface area contributed by atoms with Crippen molar-refractivity contribution in [2.24, 2.45) is 0 Å². The fraction of sp³-hybridized carbons (Fsp3) is 0.308. The highest BCUT2D eigenvalue weighted by Crippen LogP contribution is 2.09. The predicted molar refractivity (Wildman–Crippen MR) is 66.3 cm³/mol. The Morgan fingerprint density at radius 2 is 2.00 bits per heavy atom. The van der Waals surface area contributed by atoms with Gasteiger partial charge >= 0.3 is 0 Å². The van der Waals surface area contributed by atoms with E-state index < -0.39 is 0 Å². The van der Waals surface area contributed by atoms with Crippen LogP contribution in [0.2, 0.25) is 0 Å². The fourth-order valence-electron chi connectivity index (χ4n) is 1.66. The fourth-order valence-corrected chi connectivity index (χ4v) is 1.66. The Hall–Kier alpha value is -1.77. The van der Waals surface area contributed by atoms with Gasteiger partial charge in [0.25, 0.3) is 0 Å². The van der Waals surface area contributed by atoms with Crippen molar-refractivity contribution < 1.29 is 0 Å². The summed E-state index contributed by atoms with van der Waals surface area (Å²) in [6.45, 7) is 3.96. The van der Waals surface area contributed by atoms with E-state index in [1.54, 1.807) is 0 Å². The Bertz CT molecular complexity index is 420. The summed E-state index contributed by atoms with van der Waals surface area (Å²) in [6, 6.07) is 12.4. The van der Waals surface area contributed by atoms with Crippen LogP contribution in [0.4, 0.5) is 5.82 Å². The maximum Gasteiger partial charge on any atom is 0.124 e. The van der Waals surface area contributed by atoms with Crippen LogP contribution in [0.5, 0.6) is 0 Å². The number of aryl methyl sites for hydroxylation is 1. The minimum Gasteiger partial charge on any atom is -0.366 e. The van der Waals surface area contributed by atoms with Gasteiger partial charge in [-0.3, -0.25) is 0 Å². The number of anilines is 1. The Morgan fingerprint density at radius 3 is 2.75 bits per heavy atom. The second-order valence-electron chi connectivity index (χ2n) is 3.78. The lowest BCUT2D eigenvalue weighted by atomic mass is 10.2. The van der Waals surface area contributed by atoms with Crippen molar-refractivity contribution >= 4 is 5.82 Å². The van der Waals surface area contributed by atoms with Crippen LogP contribution in [-0.4, -0.2) is 9.78 Å². The van der Waals surface area contributed by atoms with Crippen molar-refractivity contribution in [2.45, 2.75) is 26.4 Å². The molecule has 0 aliphatic heterocycles. The summed E-state index contributed by atoms with van der Waals surface area (Å²) in [5, 5.41) is 7.67. The molecule has 16 heavy (non-hydrogen) atoms. The maximum absolute atomic E-state index is 4.27. The summed E-state index contributed by atoms with van der Waals surface area (Å²) in [7, 11) is 0. The molecule has 0 atom stereocenters. The highest BCUT2D eigenvalue weighted by Gasteiger charge is 2.00. The van der Waals surface area contributed by atoms with E-state index >= 15 is 0 Å². The predicted octanol–water partition coefficient (Wildman–Crippen LogP) is 2.91. The number of benzene rings is 1. The molecule has 0 radical (unpaired) electrons. The summed E-state index contributed by atoms with van der Waals surface area (Å²) < 4.78 is 2.00. The zero-order valence-electron chi connectivity index (χ0n) is 9.56. The van der Waals surface area contributed by atoms with E-state index in [1.165, 1.54) is 5.56 Å². The summed E-state index contributed by atoms with van der Waals surface area (Å²) in [6.07, 6.45) is 2.94. The first kappa shape index (κ1) is 10.7. The Balaban J connectivity index is 1.97. The molecule has 2 rings (SSSR count). The molecule has 1 aromatic heterocycles. The first-order valence-corrected chi connectivity index (χ1v) is 5.69. The van der Waals surface area contributed by atoms with Crippen LogP contribution in [0.25, 0.3) is 0 Å². The smallest absolute Gasteiger partial charge is 0.124 e. The van der Waals surface area contributed by atoms with Gasteiger partial charge in [0, 0.05) is 19.2 Å². The van der Waals surface area contributed by atoms with Crippen LogP contribution in [0.15, 0.2) is 42.6 Å². The second-order valence-corrected chi connectivity index (χ2v) is 3.78. The molecular weight excluding hydrogens is 198 g/mol. The number of nitrogens with zero attached hydrogens (tertiary/aromatic N) is 2. The molecule has 0 saturated carbocycles. The summed E-state index contributed by atoms with van der Waals surface area (Å²) in [4.78, 5) is 0. The summed E-state index contributed by atoms with van der Waals surface area (Å²) in [5.74, 6) is 1.09. The molecule has 1 N–H and O–H groups in total. The van der Waals surface area contributed by atoms with Gasteiger partial charge in [-0.2, -0.15) is 5.10 Å². The SMILES string of the molecule is CCCn1nccc1NCc1ccccc1. The van der Waals surface area contributed by atoms with E-state index in [4.69, 9.17) is 0 Å². The third-order valence-corrected chi connectivity index (χ3v) is 2.47. The number of hydrogen-bond acceptors (Lipinski definition) is 2. The van der Waals surface area contributed by atoms with Gasteiger partial charge in [0.1, 0.15) is 5.82 Å². The van der Waals surface area contributed by atoms with Crippen molar-refractivity contribution in [3.8, 4) is 0 Å². The molecule has 0 fully saturated rings.